The van der Waals surface area contributed by atoms with Gasteiger partial charge in [-0.2, -0.15) is 0 Å². The number of hydrogen-bond acceptors (Lipinski definition) is 4. The molecule has 0 aromatic heterocycles. The Hall–Kier alpha value is -1.83. The van der Waals surface area contributed by atoms with Gasteiger partial charge in [0.15, 0.2) is 0 Å². The van der Waals surface area contributed by atoms with Crippen LogP contribution in [0.3, 0.4) is 0 Å². The van der Waals surface area contributed by atoms with Crippen molar-refractivity contribution in [3.8, 4) is 0 Å². The van der Waals surface area contributed by atoms with Crippen LogP contribution >= 0.6 is 0 Å². The fourth-order valence-electron chi connectivity index (χ4n) is 1.49. The van der Waals surface area contributed by atoms with Crippen LogP contribution in [0.1, 0.15) is 25.7 Å². The first kappa shape index (κ1) is 15.2. The number of urea groups is 1. The van der Waals surface area contributed by atoms with Crippen LogP contribution in [0.15, 0.2) is 0 Å². The normalized spacial score (nSPS) is 15.6. The maximum absolute atomic E-state index is 11.4. The van der Waals surface area contributed by atoms with Crippen LogP contribution in [0.5, 0.6) is 0 Å². The highest BCUT2D eigenvalue weighted by Gasteiger charge is 2.22. The molecule has 1 aliphatic carbocycles. The molecule has 1 atom stereocenters. The third kappa shape index (κ3) is 7.24. The number of rotatable bonds is 9. The monoisotopic (exact) mass is 272 g/mol. The highest BCUT2D eigenvalue weighted by molar-refractivity contribution is 5.87. The second kappa shape index (κ2) is 7.57. The van der Waals surface area contributed by atoms with Gasteiger partial charge in [0.1, 0.15) is 6.04 Å². The van der Waals surface area contributed by atoms with Gasteiger partial charge in [0.05, 0.1) is 6.42 Å². The Morgan fingerprint density at radius 1 is 1.26 bits per heavy atom. The van der Waals surface area contributed by atoms with Crippen molar-refractivity contribution in [2.45, 2.75) is 37.8 Å². The standard InChI is InChI=1S/C11H20N4O4/c12-9(16)6-8(10(17)18)15-11(19)14-5-1-4-13-7-2-3-7/h7-8,13H,1-6H2,(H2,12,16)(H,17,18)(H2,14,15,19). The fraction of sp³-hybridized carbons (Fsp3) is 0.727. The number of carbonyl (C=O) groups is 3. The lowest BCUT2D eigenvalue weighted by molar-refractivity contribution is -0.140. The van der Waals surface area contributed by atoms with E-state index >= 15 is 0 Å². The number of primary amides is 1. The number of carboxylic acids is 1. The summed E-state index contributed by atoms with van der Waals surface area (Å²) >= 11 is 0. The molecule has 3 amide bonds. The molecule has 8 nitrogen and oxygen atoms in total. The summed E-state index contributed by atoms with van der Waals surface area (Å²) in [6.45, 7) is 1.25. The molecule has 0 radical (unpaired) electrons. The lowest BCUT2D eigenvalue weighted by Gasteiger charge is -2.13. The van der Waals surface area contributed by atoms with E-state index in [9.17, 15) is 14.4 Å². The van der Waals surface area contributed by atoms with Crippen LogP contribution in [0.4, 0.5) is 4.79 Å². The van der Waals surface area contributed by atoms with Gasteiger partial charge < -0.3 is 26.8 Å². The van der Waals surface area contributed by atoms with E-state index in [2.05, 4.69) is 16.0 Å². The van der Waals surface area contributed by atoms with E-state index in [0.29, 0.717) is 12.6 Å². The highest BCUT2D eigenvalue weighted by Crippen LogP contribution is 2.18. The third-order valence-corrected chi connectivity index (χ3v) is 2.66. The Kier molecular flexibility index (Phi) is 6.07. The second-order valence-electron chi connectivity index (χ2n) is 4.54. The van der Waals surface area contributed by atoms with Gasteiger partial charge in [-0.05, 0) is 25.8 Å². The Morgan fingerprint density at radius 2 is 1.95 bits per heavy atom. The van der Waals surface area contributed by atoms with Crippen molar-refractivity contribution in [1.29, 1.82) is 0 Å². The number of nitrogens with two attached hydrogens (primary N) is 1. The zero-order chi connectivity index (χ0) is 14.3. The van der Waals surface area contributed by atoms with E-state index in [0.717, 1.165) is 13.0 Å². The van der Waals surface area contributed by atoms with Crippen LogP contribution in [-0.2, 0) is 9.59 Å². The minimum Gasteiger partial charge on any atom is -0.480 e. The minimum atomic E-state index is -1.29. The molecule has 0 saturated heterocycles. The first-order valence-corrected chi connectivity index (χ1v) is 6.28. The molecule has 0 aromatic rings. The molecular formula is C11H20N4O4. The number of hydrogen-bond donors (Lipinski definition) is 5. The van der Waals surface area contributed by atoms with E-state index < -0.39 is 30.4 Å². The second-order valence-corrected chi connectivity index (χ2v) is 4.54. The first-order chi connectivity index (χ1) is 8.99. The molecule has 0 spiro atoms. The summed E-state index contributed by atoms with van der Waals surface area (Å²) in [4.78, 5) is 32.8. The van der Waals surface area contributed by atoms with Gasteiger partial charge in [0.2, 0.25) is 5.91 Å². The molecule has 0 aliphatic heterocycles. The lowest BCUT2D eigenvalue weighted by Crippen LogP contribution is -2.48. The fourth-order valence-corrected chi connectivity index (χ4v) is 1.49. The molecule has 6 N–H and O–H groups in total. The molecule has 1 aliphatic rings. The van der Waals surface area contributed by atoms with Gasteiger partial charge in [0.25, 0.3) is 0 Å². The quantitative estimate of drug-likeness (QED) is 0.335. The average Bonchev–Trinajstić information content (AvgIpc) is 3.11. The summed E-state index contributed by atoms with van der Waals surface area (Å²) < 4.78 is 0. The molecule has 1 saturated carbocycles. The van der Waals surface area contributed by atoms with Crippen molar-refractivity contribution in [2.75, 3.05) is 13.1 Å². The van der Waals surface area contributed by atoms with Crippen molar-refractivity contribution in [2.24, 2.45) is 5.73 Å². The molecular weight excluding hydrogens is 252 g/mol. The van der Waals surface area contributed by atoms with Crippen molar-refractivity contribution in [3.63, 3.8) is 0 Å². The number of carbonyl (C=O) groups excluding carboxylic acids is 2. The smallest absolute Gasteiger partial charge is 0.326 e. The molecule has 0 heterocycles. The van der Waals surface area contributed by atoms with E-state index in [1.54, 1.807) is 0 Å². The SMILES string of the molecule is NC(=O)CC(NC(=O)NCCCNC1CC1)C(=O)O. The Balaban J connectivity index is 2.12. The van der Waals surface area contributed by atoms with Gasteiger partial charge in [-0.1, -0.05) is 0 Å². The lowest BCUT2D eigenvalue weighted by atomic mass is 10.2. The van der Waals surface area contributed by atoms with Crippen LogP contribution in [0.25, 0.3) is 0 Å². The van der Waals surface area contributed by atoms with E-state index in [1.165, 1.54) is 12.8 Å². The van der Waals surface area contributed by atoms with Crippen molar-refractivity contribution in [1.82, 2.24) is 16.0 Å². The molecule has 0 bridgehead atoms. The summed E-state index contributed by atoms with van der Waals surface area (Å²) in [6.07, 6.45) is 2.76. The van der Waals surface area contributed by atoms with Crippen molar-refractivity contribution in [3.05, 3.63) is 0 Å². The van der Waals surface area contributed by atoms with Gasteiger partial charge in [-0.3, -0.25) is 4.79 Å². The van der Waals surface area contributed by atoms with Gasteiger partial charge >= 0.3 is 12.0 Å². The van der Waals surface area contributed by atoms with E-state index in [-0.39, 0.29) is 0 Å². The third-order valence-electron chi connectivity index (χ3n) is 2.66. The first-order valence-electron chi connectivity index (χ1n) is 6.28. The summed E-state index contributed by atoms with van der Waals surface area (Å²) in [6, 6.07) is -1.28. The molecule has 0 aromatic carbocycles. The van der Waals surface area contributed by atoms with Crippen LogP contribution in [0.2, 0.25) is 0 Å². The zero-order valence-electron chi connectivity index (χ0n) is 10.6. The van der Waals surface area contributed by atoms with Crippen LogP contribution < -0.4 is 21.7 Å². The van der Waals surface area contributed by atoms with E-state index in [1.807, 2.05) is 0 Å². The molecule has 108 valence electrons. The Labute approximate surface area is 111 Å². The maximum Gasteiger partial charge on any atom is 0.326 e. The van der Waals surface area contributed by atoms with Crippen molar-refractivity contribution >= 4 is 17.9 Å². The number of carboxylic acid groups (broad SMARTS) is 1. The van der Waals surface area contributed by atoms with Crippen molar-refractivity contribution < 1.29 is 19.5 Å². The summed E-state index contributed by atoms with van der Waals surface area (Å²) in [5, 5.41) is 16.8. The molecule has 1 fully saturated rings. The highest BCUT2D eigenvalue weighted by atomic mass is 16.4. The largest absolute Gasteiger partial charge is 0.480 e. The topological polar surface area (TPSA) is 134 Å². The zero-order valence-corrected chi connectivity index (χ0v) is 10.6. The summed E-state index contributed by atoms with van der Waals surface area (Å²) in [7, 11) is 0. The Morgan fingerprint density at radius 3 is 2.47 bits per heavy atom. The molecule has 19 heavy (non-hydrogen) atoms. The predicted molar refractivity (Wildman–Crippen MR) is 67.4 cm³/mol. The van der Waals surface area contributed by atoms with E-state index in [4.69, 9.17) is 10.8 Å². The molecule has 1 unspecified atom stereocenters. The molecule has 8 heteroatoms. The van der Waals surface area contributed by atoms with Gasteiger partial charge in [0, 0.05) is 12.6 Å². The summed E-state index contributed by atoms with van der Waals surface area (Å²) in [5.41, 5.74) is 4.90. The predicted octanol–water partition coefficient (Wildman–Crippen LogP) is -1.24. The van der Waals surface area contributed by atoms with Gasteiger partial charge in [-0.15, -0.1) is 0 Å². The maximum atomic E-state index is 11.4. The minimum absolute atomic E-state index is 0.425. The number of aliphatic carboxylic acids is 1. The molecule has 1 rings (SSSR count). The number of nitrogens with one attached hydrogen (secondary N) is 3. The van der Waals surface area contributed by atoms with Gasteiger partial charge in [-0.25, -0.2) is 9.59 Å². The summed E-state index contributed by atoms with van der Waals surface area (Å²) in [5.74, 6) is -2.06. The Bertz CT molecular complexity index is 344. The number of amides is 3. The van der Waals surface area contributed by atoms with Crippen LogP contribution in [0, 0.1) is 0 Å². The average molecular weight is 272 g/mol. The van der Waals surface area contributed by atoms with Crippen LogP contribution in [-0.4, -0.2) is 48.2 Å².